The highest BCUT2D eigenvalue weighted by atomic mass is 16.4. The molecule has 2 atom stereocenters. The fourth-order valence-corrected chi connectivity index (χ4v) is 1.65. The van der Waals surface area contributed by atoms with Gasteiger partial charge in [-0.1, -0.05) is 33.6 Å². The van der Waals surface area contributed by atoms with Crippen molar-refractivity contribution in [3.05, 3.63) is 0 Å². The van der Waals surface area contributed by atoms with Crippen LogP contribution in [0.15, 0.2) is 0 Å². The summed E-state index contributed by atoms with van der Waals surface area (Å²) in [4.78, 5) is 34.1. The first-order valence-corrected chi connectivity index (χ1v) is 7.21. The number of unbranched alkanes of at least 4 members (excludes halogenated alkanes) is 1. The van der Waals surface area contributed by atoms with E-state index in [0.29, 0.717) is 13.0 Å². The van der Waals surface area contributed by atoms with Crippen molar-refractivity contribution in [2.24, 2.45) is 5.92 Å². The molecule has 0 saturated carbocycles. The van der Waals surface area contributed by atoms with Crippen LogP contribution in [0.4, 0.5) is 0 Å². The standard InChI is InChI=1S/C14H26N2O4/c1-4-6-9-15-11(17)7-8-12(18)16-13(14(19)20)10(3)5-2/h10,13H,4-9H2,1-3H3,(H,15,17)(H,16,18)(H,19,20). The minimum Gasteiger partial charge on any atom is -0.480 e. The number of aliphatic carboxylic acids is 1. The molecule has 2 amide bonds. The SMILES string of the molecule is CCCCNC(=O)CCC(=O)NC(C(=O)O)C(C)CC. The Morgan fingerprint density at radius 2 is 1.70 bits per heavy atom. The number of hydrogen-bond acceptors (Lipinski definition) is 3. The van der Waals surface area contributed by atoms with E-state index < -0.39 is 17.9 Å². The molecule has 0 fully saturated rings. The number of carbonyl (C=O) groups is 3. The summed E-state index contributed by atoms with van der Waals surface area (Å²) in [5.74, 6) is -1.76. The number of nitrogens with one attached hydrogen (secondary N) is 2. The number of amides is 2. The van der Waals surface area contributed by atoms with Gasteiger partial charge in [-0.15, -0.1) is 0 Å². The lowest BCUT2D eigenvalue weighted by molar-refractivity contribution is -0.143. The normalized spacial score (nSPS) is 13.3. The predicted octanol–water partition coefficient (Wildman–Crippen LogP) is 1.30. The van der Waals surface area contributed by atoms with E-state index in [1.807, 2.05) is 13.8 Å². The Kier molecular flexibility index (Phi) is 9.41. The van der Waals surface area contributed by atoms with E-state index in [1.165, 1.54) is 0 Å². The zero-order valence-corrected chi connectivity index (χ0v) is 12.6. The van der Waals surface area contributed by atoms with Gasteiger partial charge in [-0.25, -0.2) is 4.79 Å². The first-order chi connectivity index (χ1) is 9.42. The van der Waals surface area contributed by atoms with E-state index in [-0.39, 0.29) is 24.7 Å². The molecule has 0 aromatic rings. The summed E-state index contributed by atoms with van der Waals surface area (Å²) >= 11 is 0. The summed E-state index contributed by atoms with van der Waals surface area (Å²) in [5.41, 5.74) is 0. The van der Waals surface area contributed by atoms with Crippen LogP contribution >= 0.6 is 0 Å². The second kappa shape index (κ2) is 10.2. The first-order valence-electron chi connectivity index (χ1n) is 7.21. The van der Waals surface area contributed by atoms with Crippen molar-refractivity contribution >= 4 is 17.8 Å². The summed E-state index contributed by atoms with van der Waals surface area (Å²) in [6, 6.07) is -0.893. The molecule has 0 aliphatic rings. The van der Waals surface area contributed by atoms with Gasteiger partial charge in [0.15, 0.2) is 0 Å². The fraction of sp³-hybridized carbons (Fsp3) is 0.786. The van der Waals surface area contributed by atoms with Gasteiger partial charge in [0.2, 0.25) is 11.8 Å². The van der Waals surface area contributed by atoms with E-state index in [9.17, 15) is 14.4 Å². The molecule has 0 bridgehead atoms. The van der Waals surface area contributed by atoms with Crippen molar-refractivity contribution in [3.63, 3.8) is 0 Å². The van der Waals surface area contributed by atoms with Crippen LogP contribution in [0.5, 0.6) is 0 Å². The van der Waals surface area contributed by atoms with E-state index in [4.69, 9.17) is 5.11 Å². The fourth-order valence-electron chi connectivity index (χ4n) is 1.65. The number of rotatable bonds is 10. The highest BCUT2D eigenvalue weighted by molar-refractivity contribution is 5.87. The minimum absolute atomic E-state index is 0.0121. The quantitative estimate of drug-likeness (QED) is 0.527. The topological polar surface area (TPSA) is 95.5 Å². The lowest BCUT2D eigenvalue weighted by Crippen LogP contribution is -2.45. The van der Waals surface area contributed by atoms with Crippen LogP contribution in [0, 0.1) is 5.92 Å². The van der Waals surface area contributed by atoms with Gasteiger partial charge in [-0.2, -0.15) is 0 Å². The van der Waals surface area contributed by atoms with Gasteiger partial charge in [-0.05, 0) is 12.3 Å². The monoisotopic (exact) mass is 286 g/mol. The lowest BCUT2D eigenvalue weighted by atomic mass is 9.99. The molecule has 0 radical (unpaired) electrons. The lowest BCUT2D eigenvalue weighted by Gasteiger charge is -2.20. The molecule has 2 unspecified atom stereocenters. The number of carboxylic acids is 1. The van der Waals surface area contributed by atoms with Gasteiger partial charge in [-0.3, -0.25) is 9.59 Å². The minimum atomic E-state index is -1.04. The second-order valence-corrected chi connectivity index (χ2v) is 4.97. The van der Waals surface area contributed by atoms with Gasteiger partial charge in [0.05, 0.1) is 0 Å². The van der Waals surface area contributed by atoms with Crippen LogP contribution in [0.25, 0.3) is 0 Å². The van der Waals surface area contributed by atoms with Crippen molar-refractivity contribution in [1.82, 2.24) is 10.6 Å². The maximum Gasteiger partial charge on any atom is 0.326 e. The summed E-state index contributed by atoms with van der Waals surface area (Å²) in [5, 5.41) is 14.2. The number of hydrogen-bond donors (Lipinski definition) is 3. The van der Waals surface area contributed by atoms with Crippen LogP contribution in [0.3, 0.4) is 0 Å². The maximum atomic E-state index is 11.7. The molecule has 0 aromatic carbocycles. The zero-order valence-electron chi connectivity index (χ0n) is 12.6. The smallest absolute Gasteiger partial charge is 0.326 e. The largest absolute Gasteiger partial charge is 0.480 e. The molecular formula is C14H26N2O4. The van der Waals surface area contributed by atoms with E-state index in [0.717, 1.165) is 12.8 Å². The second-order valence-electron chi connectivity index (χ2n) is 4.97. The Morgan fingerprint density at radius 3 is 2.20 bits per heavy atom. The van der Waals surface area contributed by atoms with E-state index in [2.05, 4.69) is 10.6 Å². The van der Waals surface area contributed by atoms with Gasteiger partial charge in [0.1, 0.15) is 6.04 Å². The Labute approximate surface area is 120 Å². The number of carbonyl (C=O) groups excluding carboxylic acids is 2. The zero-order chi connectivity index (χ0) is 15.5. The third-order valence-electron chi connectivity index (χ3n) is 3.23. The molecule has 6 nitrogen and oxygen atoms in total. The first kappa shape index (κ1) is 18.4. The highest BCUT2D eigenvalue weighted by Gasteiger charge is 2.25. The van der Waals surface area contributed by atoms with Gasteiger partial charge in [0.25, 0.3) is 0 Å². The molecule has 0 rings (SSSR count). The molecule has 116 valence electrons. The third kappa shape index (κ3) is 7.76. The summed E-state index contributed by atoms with van der Waals surface area (Å²) in [6.45, 7) is 6.28. The summed E-state index contributed by atoms with van der Waals surface area (Å²) in [7, 11) is 0. The van der Waals surface area contributed by atoms with Gasteiger partial charge < -0.3 is 15.7 Å². The Morgan fingerprint density at radius 1 is 1.10 bits per heavy atom. The highest BCUT2D eigenvalue weighted by Crippen LogP contribution is 2.08. The molecule has 0 heterocycles. The molecule has 6 heteroatoms. The van der Waals surface area contributed by atoms with Crippen LogP contribution in [0.1, 0.15) is 52.9 Å². The molecule has 0 aliphatic heterocycles. The van der Waals surface area contributed by atoms with Gasteiger partial charge in [0, 0.05) is 19.4 Å². The molecule has 0 saturated heterocycles. The molecule has 20 heavy (non-hydrogen) atoms. The van der Waals surface area contributed by atoms with Crippen LogP contribution in [0.2, 0.25) is 0 Å². The summed E-state index contributed by atoms with van der Waals surface area (Å²) in [6.07, 6.45) is 2.66. The summed E-state index contributed by atoms with van der Waals surface area (Å²) < 4.78 is 0. The Bertz CT molecular complexity index is 331. The van der Waals surface area contributed by atoms with Crippen molar-refractivity contribution in [2.75, 3.05) is 6.54 Å². The third-order valence-corrected chi connectivity index (χ3v) is 3.23. The molecule has 0 aliphatic carbocycles. The van der Waals surface area contributed by atoms with Crippen LogP contribution < -0.4 is 10.6 Å². The molecule has 0 spiro atoms. The average Bonchev–Trinajstić information content (AvgIpc) is 2.41. The predicted molar refractivity (Wildman–Crippen MR) is 76.2 cm³/mol. The number of carboxylic acid groups (broad SMARTS) is 1. The molecular weight excluding hydrogens is 260 g/mol. The molecule has 0 aromatic heterocycles. The maximum absolute atomic E-state index is 11.7. The van der Waals surface area contributed by atoms with Gasteiger partial charge >= 0.3 is 5.97 Å². The Balaban J connectivity index is 4.08. The van der Waals surface area contributed by atoms with Crippen molar-refractivity contribution in [2.45, 2.75) is 58.9 Å². The average molecular weight is 286 g/mol. The van der Waals surface area contributed by atoms with Crippen molar-refractivity contribution < 1.29 is 19.5 Å². The van der Waals surface area contributed by atoms with Crippen LogP contribution in [-0.4, -0.2) is 35.5 Å². The Hall–Kier alpha value is -1.59. The molecule has 3 N–H and O–H groups in total. The van der Waals surface area contributed by atoms with E-state index in [1.54, 1.807) is 6.92 Å². The van der Waals surface area contributed by atoms with Crippen molar-refractivity contribution in [1.29, 1.82) is 0 Å². The van der Waals surface area contributed by atoms with Crippen molar-refractivity contribution in [3.8, 4) is 0 Å². The van der Waals surface area contributed by atoms with E-state index >= 15 is 0 Å². The van der Waals surface area contributed by atoms with Crippen LogP contribution in [-0.2, 0) is 14.4 Å².